The molecular weight excluding hydrogens is 315 g/mol. The third-order valence-electron chi connectivity index (χ3n) is 3.57. The van der Waals surface area contributed by atoms with E-state index < -0.39 is 8.38 Å². The van der Waals surface area contributed by atoms with Crippen molar-refractivity contribution in [1.82, 2.24) is 0 Å². The Morgan fingerprint density at radius 2 is 1.33 bits per heavy atom. The molecule has 0 saturated carbocycles. The van der Waals surface area contributed by atoms with Crippen molar-refractivity contribution in [3.63, 3.8) is 0 Å². The molecule has 0 aliphatic heterocycles. The normalized spacial score (nSPS) is 11.7. The van der Waals surface area contributed by atoms with Gasteiger partial charge in [0.15, 0.2) is 0 Å². The van der Waals surface area contributed by atoms with Crippen LogP contribution >= 0.6 is 8.38 Å². The van der Waals surface area contributed by atoms with E-state index in [1.54, 1.807) is 0 Å². The number of hydrogen-bond acceptors (Lipinski definition) is 2. The molecule has 2 nitrogen and oxygen atoms in total. The van der Waals surface area contributed by atoms with Gasteiger partial charge in [0.05, 0.1) is 5.30 Å². The van der Waals surface area contributed by atoms with E-state index in [9.17, 15) is 0 Å². The molecule has 122 valence electrons. The molecule has 0 aromatic heterocycles. The largest absolute Gasteiger partial charge is 0.435 e. The second-order valence-corrected chi connectivity index (χ2v) is 6.84. The van der Waals surface area contributed by atoms with Crippen molar-refractivity contribution < 1.29 is 9.05 Å². The van der Waals surface area contributed by atoms with Gasteiger partial charge in [0.25, 0.3) is 0 Å². The molecule has 0 fully saturated rings. The molecule has 0 bridgehead atoms. The van der Waals surface area contributed by atoms with Crippen LogP contribution in [0.15, 0.2) is 84.9 Å². The van der Waals surface area contributed by atoms with E-state index in [1.165, 1.54) is 5.56 Å². The first-order chi connectivity index (χ1) is 11.9. The zero-order valence-electron chi connectivity index (χ0n) is 13.8. The second kappa shape index (κ2) is 8.52. The van der Waals surface area contributed by atoms with Crippen molar-refractivity contribution in [3.8, 4) is 11.5 Å². The Balaban J connectivity index is 1.88. The van der Waals surface area contributed by atoms with E-state index >= 15 is 0 Å². The maximum absolute atomic E-state index is 6.33. The molecule has 3 aromatic carbocycles. The zero-order chi connectivity index (χ0) is 16.6. The Kier molecular flexibility index (Phi) is 5.87. The summed E-state index contributed by atoms with van der Waals surface area (Å²) in [5.74, 6) is 1.73. The summed E-state index contributed by atoms with van der Waals surface area (Å²) < 4.78 is 12.5. The maximum Gasteiger partial charge on any atom is 0.326 e. The highest BCUT2D eigenvalue weighted by molar-refractivity contribution is 7.56. The standard InChI is InChI=1S/C21H21O2P/c1-2-11-18-12-9-10-17-21(18)23-24(20-15-7-4-8-16-20)22-19-13-5-3-6-14-19/h3-10,12-17H,2,11H2,1H3. The number of hydrogen-bond donors (Lipinski definition) is 0. The Bertz CT molecular complexity index is 744. The van der Waals surface area contributed by atoms with Gasteiger partial charge in [-0.15, -0.1) is 0 Å². The lowest BCUT2D eigenvalue weighted by atomic mass is 10.1. The third kappa shape index (κ3) is 4.37. The molecule has 0 saturated heterocycles. The van der Waals surface area contributed by atoms with Gasteiger partial charge in [-0.1, -0.05) is 67.9 Å². The molecule has 0 heterocycles. The topological polar surface area (TPSA) is 18.5 Å². The van der Waals surface area contributed by atoms with Crippen molar-refractivity contribution in [2.24, 2.45) is 0 Å². The van der Waals surface area contributed by atoms with Crippen LogP contribution in [0.25, 0.3) is 0 Å². The van der Waals surface area contributed by atoms with Crippen LogP contribution in [0.1, 0.15) is 18.9 Å². The van der Waals surface area contributed by atoms with Gasteiger partial charge in [-0.25, -0.2) is 0 Å². The van der Waals surface area contributed by atoms with Crippen LogP contribution in [0, 0.1) is 0 Å². The van der Waals surface area contributed by atoms with Gasteiger partial charge in [0.2, 0.25) is 0 Å². The smallest absolute Gasteiger partial charge is 0.326 e. The Hall–Kier alpha value is -2.31. The monoisotopic (exact) mass is 336 g/mol. The van der Waals surface area contributed by atoms with Gasteiger partial charge in [0.1, 0.15) is 11.5 Å². The predicted octanol–water partition coefficient (Wildman–Crippen LogP) is 5.73. The van der Waals surface area contributed by atoms with Crippen molar-refractivity contribution in [1.29, 1.82) is 0 Å². The summed E-state index contributed by atoms with van der Waals surface area (Å²) in [5.41, 5.74) is 1.22. The van der Waals surface area contributed by atoms with Gasteiger partial charge in [-0.3, -0.25) is 0 Å². The summed E-state index contributed by atoms with van der Waals surface area (Å²) in [5, 5.41) is 1.06. The first-order valence-electron chi connectivity index (χ1n) is 8.21. The number of aryl methyl sites for hydroxylation is 1. The Labute approximate surface area is 145 Å². The fourth-order valence-electron chi connectivity index (χ4n) is 2.41. The number of rotatable bonds is 7. The third-order valence-corrected chi connectivity index (χ3v) is 5.03. The lowest BCUT2D eigenvalue weighted by Gasteiger charge is -2.20. The van der Waals surface area contributed by atoms with Crippen LogP contribution in [-0.2, 0) is 6.42 Å². The summed E-state index contributed by atoms with van der Waals surface area (Å²) in [6.45, 7) is 2.18. The quantitative estimate of drug-likeness (QED) is 0.513. The van der Waals surface area contributed by atoms with E-state index in [-0.39, 0.29) is 0 Å². The van der Waals surface area contributed by atoms with Gasteiger partial charge in [-0.05, 0) is 42.3 Å². The second-order valence-electron chi connectivity index (χ2n) is 5.45. The van der Waals surface area contributed by atoms with Crippen molar-refractivity contribution in [3.05, 3.63) is 90.5 Å². The minimum absolute atomic E-state index is 0.820. The van der Waals surface area contributed by atoms with Crippen LogP contribution in [0.5, 0.6) is 11.5 Å². The molecule has 1 unspecified atom stereocenters. The Morgan fingerprint density at radius 3 is 2.04 bits per heavy atom. The lowest BCUT2D eigenvalue weighted by Crippen LogP contribution is -2.10. The molecule has 0 N–H and O–H groups in total. The average Bonchev–Trinajstić information content (AvgIpc) is 2.64. The summed E-state index contributed by atoms with van der Waals surface area (Å²) in [6.07, 6.45) is 2.09. The summed E-state index contributed by atoms with van der Waals surface area (Å²) >= 11 is 0. The first kappa shape index (κ1) is 16.5. The number of benzene rings is 3. The molecule has 3 rings (SSSR count). The fourth-order valence-corrected chi connectivity index (χ4v) is 3.74. The van der Waals surface area contributed by atoms with E-state index in [2.05, 4.69) is 31.2 Å². The minimum atomic E-state index is -1.24. The molecule has 0 aliphatic carbocycles. The van der Waals surface area contributed by atoms with Crippen LogP contribution in [-0.4, -0.2) is 0 Å². The van der Waals surface area contributed by atoms with Gasteiger partial charge < -0.3 is 9.05 Å². The van der Waals surface area contributed by atoms with Crippen molar-refractivity contribution >= 4 is 13.7 Å². The molecule has 0 aliphatic rings. The molecule has 1 atom stereocenters. The van der Waals surface area contributed by atoms with Gasteiger partial charge in [-0.2, -0.15) is 0 Å². The van der Waals surface area contributed by atoms with Crippen LogP contribution in [0.2, 0.25) is 0 Å². The fraction of sp³-hybridized carbons (Fsp3) is 0.143. The van der Waals surface area contributed by atoms with Crippen LogP contribution < -0.4 is 14.4 Å². The van der Waals surface area contributed by atoms with Crippen LogP contribution in [0.4, 0.5) is 0 Å². The number of para-hydroxylation sites is 2. The minimum Gasteiger partial charge on any atom is -0.435 e. The van der Waals surface area contributed by atoms with Gasteiger partial charge in [0, 0.05) is 0 Å². The van der Waals surface area contributed by atoms with Crippen LogP contribution in [0.3, 0.4) is 0 Å². The zero-order valence-corrected chi connectivity index (χ0v) is 14.7. The van der Waals surface area contributed by atoms with E-state index in [0.29, 0.717) is 0 Å². The molecule has 3 heteroatoms. The van der Waals surface area contributed by atoms with E-state index in [1.807, 2.05) is 60.7 Å². The highest BCUT2D eigenvalue weighted by atomic mass is 31.2. The summed E-state index contributed by atoms with van der Waals surface area (Å²) in [4.78, 5) is 0. The van der Waals surface area contributed by atoms with Gasteiger partial charge >= 0.3 is 8.38 Å². The average molecular weight is 336 g/mol. The SMILES string of the molecule is CCCc1ccccc1OP(Oc1ccccc1)c1ccccc1. The van der Waals surface area contributed by atoms with Crippen molar-refractivity contribution in [2.75, 3.05) is 0 Å². The highest BCUT2D eigenvalue weighted by Gasteiger charge is 2.19. The summed E-state index contributed by atoms with van der Waals surface area (Å²) in [7, 11) is -1.24. The molecule has 3 aromatic rings. The highest BCUT2D eigenvalue weighted by Crippen LogP contribution is 2.40. The maximum atomic E-state index is 6.33. The van der Waals surface area contributed by atoms with E-state index in [4.69, 9.17) is 9.05 Å². The lowest BCUT2D eigenvalue weighted by molar-refractivity contribution is 0.497. The summed E-state index contributed by atoms with van der Waals surface area (Å²) in [6, 6.07) is 28.2. The molecular formula is C21H21O2P. The first-order valence-corrected chi connectivity index (χ1v) is 9.38. The molecule has 0 radical (unpaired) electrons. The van der Waals surface area contributed by atoms with Crippen molar-refractivity contribution in [2.45, 2.75) is 19.8 Å². The molecule has 0 spiro atoms. The predicted molar refractivity (Wildman–Crippen MR) is 101 cm³/mol. The molecule has 0 amide bonds. The molecule has 24 heavy (non-hydrogen) atoms. The Morgan fingerprint density at radius 1 is 0.708 bits per heavy atom. The van der Waals surface area contributed by atoms with E-state index in [0.717, 1.165) is 29.6 Å².